The highest BCUT2D eigenvalue weighted by Gasteiger charge is 2.20. The molecule has 0 radical (unpaired) electrons. The Kier molecular flexibility index (Phi) is 15.6. The maximum absolute atomic E-state index is 12.6. The van der Waals surface area contributed by atoms with Crippen LogP contribution in [0.5, 0.6) is 5.75 Å². The van der Waals surface area contributed by atoms with Gasteiger partial charge in [0.2, 0.25) is 5.91 Å². The molecule has 0 aliphatic carbocycles. The van der Waals surface area contributed by atoms with Gasteiger partial charge in [-0.25, -0.2) is 0 Å². The summed E-state index contributed by atoms with van der Waals surface area (Å²) in [5.74, 6) is 2.07. The fourth-order valence-corrected chi connectivity index (χ4v) is 6.43. The molecule has 5 heteroatoms. The van der Waals surface area contributed by atoms with Crippen LogP contribution in [-0.4, -0.2) is 29.8 Å². The van der Waals surface area contributed by atoms with Crippen LogP contribution in [0.4, 0.5) is 5.69 Å². The smallest absolute Gasteiger partial charge is 0.223 e. The molecular formula is C38H58N2O2S. The lowest BCUT2D eigenvalue weighted by Crippen LogP contribution is -2.30. The van der Waals surface area contributed by atoms with Crippen molar-refractivity contribution in [1.82, 2.24) is 4.90 Å². The minimum Gasteiger partial charge on any atom is -0.493 e. The van der Waals surface area contributed by atoms with E-state index in [0.717, 1.165) is 43.3 Å². The summed E-state index contributed by atoms with van der Waals surface area (Å²) in [5, 5.41) is 2.13. The summed E-state index contributed by atoms with van der Waals surface area (Å²) >= 11 is 1.82. The van der Waals surface area contributed by atoms with E-state index in [0.29, 0.717) is 6.54 Å². The Hall–Kier alpha value is -2.40. The van der Waals surface area contributed by atoms with Crippen LogP contribution in [0, 0.1) is 0 Å². The number of anilines is 1. The number of unbranched alkanes of at least 4 members (excludes halogenated alkanes) is 11. The third-order valence-electron chi connectivity index (χ3n) is 8.36. The van der Waals surface area contributed by atoms with E-state index >= 15 is 0 Å². The number of rotatable bonds is 20. The Labute approximate surface area is 267 Å². The molecule has 238 valence electrons. The molecule has 0 aromatic heterocycles. The first kappa shape index (κ1) is 35.1. The number of carbonyl (C=O) groups excluding carboxylic acids is 1. The van der Waals surface area contributed by atoms with Gasteiger partial charge in [0.15, 0.2) is 0 Å². The second-order valence-electron chi connectivity index (χ2n) is 13.2. The Morgan fingerprint density at radius 2 is 1.47 bits per heavy atom. The quantitative estimate of drug-likeness (QED) is 0.140. The number of amides is 1. The van der Waals surface area contributed by atoms with Crippen molar-refractivity contribution >= 4 is 23.4 Å². The molecule has 0 fully saturated rings. The molecule has 0 bridgehead atoms. The Morgan fingerprint density at radius 3 is 2.02 bits per heavy atom. The van der Waals surface area contributed by atoms with Gasteiger partial charge < -0.3 is 14.5 Å². The Bertz CT molecular complexity index is 1110. The summed E-state index contributed by atoms with van der Waals surface area (Å²) in [7, 11) is 0. The summed E-state index contributed by atoms with van der Waals surface area (Å²) in [5.41, 5.74) is 4.69. The van der Waals surface area contributed by atoms with E-state index in [1.165, 1.54) is 87.3 Å². The summed E-state index contributed by atoms with van der Waals surface area (Å²) < 4.78 is 6.41. The van der Waals surface area contributed by atoms with Crippen molar-refractivity contribution in [2.24, 2.45) is 0 Å². The predicted molar refractivity (Wildman–Crippen MR) is 187 cm³/mol. The fraction of sp³-hybridized carbons (Fsp3) is 0.605. The number of hydrogen-bond acceptors (Lipinski definition) is 4. The Balaban J connectivity index is 1.46. The van der Waals surface area contributed by atoms with Crippen molar-refractivity contribution < 1.29 is 9.53 Å². The van der Waals surface area contributed by atoms with Crippen molar-refractivity contribution in [3.63, 3.8) is 0 Å². The third-order valence-corrected chi connectivity index (χ3v) is 9.15. The van der Waals surface area contributed by atoms with Crippen molar-refractivity contribution in [3.8, 4) is 5.75 Å². The van der Waals surface area contributed by atoms with Gasteiger partial charge in [-0.1, -0.05) is 123 Å². The van der Waals surface area contributed by atoms with Gasteiger partial charge in [-0.15, -0.1) is 11.8 Å². The average molecular weight is 607 g/mol. The first-order valence-corrected chi connectivity index (χ1v) is 18.0. The van der Waals surface area contributed by atoms with Crippen LogP contribution in [-0.2, 0) is 23.2 Å². The van der Waals surface area contributed by atoms with Crippen molar-refractivity contribution in [3.05, 3.63) is 70.8 Å². The molecular weight excluding hydrogens is 548 g/mol. The second-order valence-corrected chi connectivity index (χ2v) is 14.1. The average Bonchev–Trinajstić information content (AvgIpc) is 3.49. The molecule has 2 aromatic carbocycles. The molecule has 43 heavy (non-hydrogen) atoms. The van der Waals surface area contributed by atoms with Crippen LogP contribution in [0.2, 0.25) is 0 Å². The topological polar surface area (TPSA) is 32.8 Å². The monoisotopic (exact) mass is 606 g/mol. The fourth-order valence-electron chi connectivity index (χ4n) is 5.72. The molecule has 0 unspecified atom stereocenters. The lowest BCUT2D eigenvalue weighted by atomic mass is 9.85. The van der Waals surface area contributed by atoms with Crippen molar-refractivity contribution in [2.75, 3.05) is 23.9 Å². The lowest BCUT2D eigenvalue weighted by molar-refractivity contribution is -0.116. The minimum absolute atomic E-state index is 0.0150. The first-order chi connectivity index (χ1) is 20.8. The van der Waals surface area contributed by atoms with Gasteiger partial charge in [0.05, 0.1) is 12.5 Å². The second kappa shape index (κ2) is 19.1. The van der Waals surface area contributed by atoms with Crippen LogP contribution in [0.1, 0.15) is 128 Å². The molecule has 0 atom stereocenters. The van der Waals surface area contributed by atoms with Gasteiger partial charge in [-0.3, -0.25) is 4.79 Å². The van der Waals surface area contributed by atoms with Crippen LogP contribution in [0.25, 0.3) is 0 Å². The standard InChI is InChI=1S/C38H58N2O2S/c1-6-7-8-9-10-11-12-13-14-15-16-17-27-42-37-29-33(20-23-36(37)38(3,4)5)24-25-40(32(2)41)35-21-18-34(19-22-35)30-39-26-28-43-31-39/h18-23,26,28-29H,6-17,24-25,27,30-31H2,1-5H3. The van der Waals surface area contributed by atoms with Crippen LogP contribution in [0.3, 0.4) is 0 Å². The molecule has 4 nitrogen and oxygen atoms in total. The van der Waals surface area contributed by atoms with Gasteiger partial charge in [-0.2, -0.15) is 0 Å². The molecule has 0 spiro atoms. The van der Waals surface area contributed by atoms with Gasteiger partial charge >= 0.3 is 0 Å². The van der Waals surface area contributed by atoms with E-state index in [1.807, 2.05) is 16.7 Å². The number of thioether (sulfide) groups is 1. The zero-order valence-corrected chi connectivity index (χ0v) is 28.7. The summed E-state index contributed by atoms with van der Waals surface area (Å²) in [6, 6.07) is 15.1. The lowest BCUT2D eigenvalue weighted by Gasteiger charge is -2.25. The van der Waals surface area contributed by atoms with Gasteiger partial charge in [0.1, 0.15) is 5.75 Å². The van der Waals surface area contributed by atoms with Crippen LogP contribution >= 0.6 is 11.8 Å². The zero-order chi connectivity index (χ0) is 30.9. The molecule has 0 saturated heterocycles. The molecule has 3 rings (SSSR count). The van der Waals surface area contributed by atoms with Crippen LogP contribution in [0.15, 0.2) is 54.1 Å². The van der Waals surface area contributed by atoms with E-state index in [9.17, 15) is 4.79 Å². The highest BCUT2D eigenvalue weighted by molar-refractivity contribution is 8.02. The van der Waals surface area contributed by atoms with Gasteiger partial charge in [-0.05, 0) is 58.6 Å². The summed E-state index contributed by atoms with van der Waals surface area (Å²) in [6.45, 7) is 13.0. The minimum atomic E-state index is 0.0150. The number of carbonyl (C=O) groups is 1. The maximum atomic E-state index is 12.6. The number of benzene rings is 2. The number of nitrogens with zero attached hydrogens (tertiary/aromatic N) is 2. The van der Waals surface area contributed by atoms with Gasteiger partial charge in [0.25, 0.3) is 0 Å². The number of hydrogen-bond donors (Lipinski definition) is 0. The van der Waals surface area contributed by atoms with Gasteiger partial charge in [0, 0.05) is 31.9 Å². The predicted octanol–water partition coefficient (Wildman–Crippen LogP) is 10.6. The van der Waals surface area contributed by atoms with Crippen LogP contribution < -0.4 is 9.64 Å². The zero-order valence-electron chi connectivity index (χ0n) is 27.8. The Morgan fingerprint density at radius 1 is 0.860 bits per heavy atom. The molecule has 2 aromatic rings. The molecule has 1 aliphatic rings. The highest BCUT2D eigenvalue weighted by atomic mass is 32.2. The SMILES string of the molecule is CCCCCCCCCCCCCCOc1cc(CCN(C(C)=O)c2ccc(CN3C=CSC3)cc2)ccc1C(C)(C)C. The number of ether oxygens (including phenoxy) is 1. The maximum Gasteiger partial charge on any atom is 0.223 e. The molecule has 1 aliphatic heterocycles. The van der Waals surface area contributed by atoms with E-state index in [2.05, 4.69) is 86.7 Å². The summed E-state index contributed by atoms with van der Waals surface area (Å²) in [6.07, 6.45) is 19.1. The normalized spacial score (nSPS) is 13.1. The molecule has 0 N–H and O–H groups in total. The van der Waals surface area contributed by atoms with E-state index < -0.39 is 0 Å². The molecule has 0 saturated carbocycles. The van der Waals surface area contributed by atoms with E-state index in [4.69, 9.17) is 4.74 Å². The largest absolute Gasteiger partial charge is 0.493 e. The van der Waals surface area contributed by atoms with E-state index in [-0.39, 0.29) is 11.3 Å². The summed E-state index contributed by atoms with van der Waals surface area (Å²) in [4.78, 5) is 16.8. The third kappa shape index (κ3) is 13.0. The highest BCUT2D eigenvalue weighted by Crippen LogP contribution is 2.33. The van der Waals surface area contributed by atoms with Crippen molar-refractivity contribution in [2.45, 2.75) is 130 Å². The first-order valence-electron chi connectivity index (χ1n) is 16.9. The van der Waals surface area contributed by atoms with E-state index in [1.54, 1.807) is 6.92 Å². The molecule has 1 amide bonds. The molecule has 1 heterocycles. The van der Waals surface area contributed by atoms with Crippen molar-refractivity contribution in [1.29, 1.82) is 0 Å².